The summed E-state index contributed by atoms with van der Waals surface area (Å²) in [6.45, 7) is 10.5. The molecular formula is C36H44ClN5O. The molecule has 226 valence electrons. The summed E-state index contributed by atoms with van der Waals surface area (Å²) < 4.78 is 0. The first kappa shape index (κ1) is 31.0. The Morgan fingerprint density at radius 1 is 0.930 bits per heavy atom. The molecule has 4 aromatic rings. The van der Waals surface area contributed by atoms with E-state index in [0.29, 0.717) is 30.2 Å². The van der Waals surface area contributed by atoms with E-state index in [-0.39, 0.29) is 11.3 Å². The number of hydrogen-bond donors (Lipinski definition) is 2. The van der Waals surface area contributed by atoms with Gasteiger partial charge in [-0.3, -0.25) is 9.69 Å². The molecular weight excluding hydrogens is 554 g/mol. The van der Waals surface area contributed by atoms with Crippen molar-refractivity contribution in [1.29, 1.82) is 0 Å². The monoisotopic (exact) mass is 597 g/mol. The Morgan fingerprint density at radius 2 is 1.53 bits per heavy atom. The van der Waals surface area contributed by atoms with Crippen LogP contribution in [0.2, 0.25) is 5.02 Å². The fraction of sp³-hybridized carbons (Fsp3) is 0.389. The third-order valence-electron chi connectivity index (χ3n) is 8.91. The summed E-state index contributed by atoms with van der Waals surface area (Å²) >= 11 is 6.11. The van der Waals surface area contributed by atoms with Crippen LogP contribution in [0.1, 0.15) is 71.8 Å². The van der Waals surface area contributed by atoms with Crippen molar-refractivity contribution < 1.29 is 4.79 Å². The Hall–Kier alpha value is -3.45. The minimum absolute atomic E-state index is 0.0184. The van der Waals surface area contributed by atoms with Crippen LogP contribution in [-0.2, 0) is 18.4 Å². The van der Waals surface area contributed by atoms with E-state index in [4.69, 9.17) is 16.6 Å². The Bertz CT molecular complexity index is 1380. The number of nitrogens with zero attached hydrogens (tertiary/aromatic N) is 3. The molecule has 0 unspecified atom stereocenters. The molecule has 0 radical (unpaired) electrons. The third-order valence-corrected chi connectivity index (χ3v) is 9.16. The van der Waals surface area contributed by atoms with Crippen molar-refractivity contribution in [2.24, 2.45) is 0 Å². The number of halogens is 1. The summed E-state index contributed by atoms with van der Waals surface area (Å²) in [5.41, 5.74) is 5.22. The number of carbonyl (C=O) groups is 1. The summed E-state index contributed by atoms with van der Waals surface area (Å²) in [5.74, 6) is 0.717. The normalized spacial score (nSPS) is 15.1. The quantitative estimate of drug-likeness (QED) is 0.168. The summed E-state index contributed by atoms with van der Waals surface area (Å²) in [4.78, 5) is 26.6. The van der Waals surface area contributed by atoms with Crippen molar-refractivity contribution >= 4 is 17.5 Å². The van der Waals surface area contributed by atoms with E-state index >= 15 is 0 Å². The smallest absolute Gasteiger partial charge is 0.269 e. The molecule has 0 atom stereocenters. The maximum Gasteiger partial charge on any atom is 0.269 e. The van der Waals surface area contributed by atoms with Crippen molar-refractivity contribution in [2.75, 3.05) is 39.3 Å². The molecule has 1 aliphatic heterocycles. The number of aromatic amines is 1. The molecule has 43 heavy (non-hydrogen) atoms. The van der Waals surface area contributed by atoms with Gasteiger partial charge in [-0.1, -0.05) is 98.2 Å². The lowest BCUT2D eigenvalue weighted by Crippen LogP contribution is -2.43. The molecule has 0 bridgehead atoms. The topological polar surface area (TPSA) is 64.3 Å². The van der Waals surface area contributed by atoms with E-state index in [2.05, 4.69) is 94.6 Å². The number of H-pyrrole nitrogens is 1. The van der Waals surface area contributed by atoms with Crippen LogP contribution in [0.3, 0.4) is 0 Å². The largest absolute Gasteiger partial charge is 0.351 e. The van der Waals surface area contributed by atoms with Crippen LogP contribution in [-0.4, -0.2) is 64.9 Å². The Balaban J connectivity index is 1.31. The number of hydrogen-bond acceptors (Lipinski definition) is 4. The zero-order chi connectivity index (χ0) is 30.1. The van der Waals surface area contributed by atoms with Gasteiger partial charge in [-0.05, 0) is 80.8 Å². The van der Waals surface area contributed by atoms with Crippen LogP contribution in [0.15, 0.2) is 84.9 Å². The zero-order valence-electron chi connectivity index (χ0n) is 25.5. The van der Waals surface area contributed by atoms with Gasteiger partial charge in [-0.25, -0.2) is 4.98 Å². The lowest BCUT2D eigenvalue weighted by Gasteiger charge is -2.43. The van der Waals surface area contributed by atoms with Crippen LogP contribution in [0, 0.1) is 0 Å². The highest BCUT2D eigenvalue weighted by Gasteiger charge is 2.38. The molecule has 5 rings (SSSR count). The molecule has 0 saturated carbocycles. The minimum atomic E-state index is -0.0793. The number of piperidine rings is 1. The van der Waals surface area contributed by atoms with E-state index in [0.717, 1.165) is 69.1 Å². The van der Waals surface area contributed by atoms with Gasteiger partial charge in [-0.2, -0.15) is 0 Å². The van der Waals surface area contributed by atoms with Crippen LogP contribution < -0.4 is 5.32 Å². The van der Waals surface area contributed by atoms with E-state index in [9.17, 15) is 4.79 Å². The lowest BCUT2D eigenvalue weighted by molar-refractivity contribution is 0.0943. The average molecular weight is 598 g/mol. The van der Waals surface area contributed by atoms with Crippen molar-refractivity contribution in [3.8, 4) is 0 Å². The first-order valence-electron chi connectivity index (χ1n) is 15.7. The first-order chi connectivity index (χ1) is 21.0. The Labute approximate surface area is 261 Å². The van der Waals surface area contributed by atoms with E-state index in [1.807, 2.05) is 24.3 Å². The fourth-order valence-electron chi connectivity index (χ4n) is 6.34. The predicted molar refractivity (Wildman–Crippen MR) is 176 cm³/mol. The van der Waals surface area contributed by atoms with Gasteiger partial charge in [0.25, 0.3) is 5.91 Å². The third kappa shape index (κ3) is 7.74. The SMILES string of the molecule is CCN(CC)CCCNC(=O)c1[nH]c(Cc2ccc(Cl)cc2)nc1CN1CCC(c2ccccc2)(c2ccccc2)CC1. The Morgan fingerprint density at radius 3 is 2.12 bits per heavy atom. The maximum atomic E-state index is 13.4. The van der Waals surface area contributed by atoms with Crippen LogP contribution in [0.4, 0.5) is 0 Å². The fourth-order valence-corrected chi connectivity index (χ4v) is 6.47. The van der Waals surface area contributed by atoms with Gasteiger partial charge in [0.15, 0.2) is 0 Å². The molecule has 3 aromatic carbocycles. The number of rotatable bonds is 13. The number of amides is 1. The van der Waals surface area contributed by atoms with Crippen LogP contribution >= 0.6 is 11.6 Å². The predicted octanol–water partition coefficient (Wildman–Crippen LogP) is 6.70. The molecule has 1 aliphatic rings. The molecule has 2 N–H and O–H groups in total. The van der Waals surface area contributed by atoms with Crippen LogP contribution in [0.25, 0.3) is 0 Å². The number of likely N-dealkylation sites (tertiary alicyclic amines) is 1. The van der Waals surface area contributed by atoms with Gasteiger partial charge in [0.1, 0.15) is 11.5 Å². The van der Waals surface area contributed by atoms with Gasteiger partial charge >= 0.3 is 0 Å². The van der Waals surface area contributed by atoms with E-state index in [1.54, 1.807) is 0 Å². The highest BCUT2D eigenvalue weighted by molar-refractivity contribution is 6.30. The summed E-state index contributed by atoms with van der Waals surface area (Å²) in [7, 11) is 0. The molecule has 6 nitrogen and oxygen atoms in total. The first-order valence-corrected chi connectivity index (χ1v) is 16.0. The van der Waals surface area contributed by atoms with Gasteiger partial charge in [0.2, 0.25) is 0 Å². The molecule has 2 heterocycles. The summed E-state index contributed by atoms with van der Waals surface area (Å²) in [6, 6.07) is 29.6. The highest BCUT2D eigenvalue weighted by Crippen LogP contribution is 2.42. The van der Waals surface area contributed by atoms with Crippen molar-refractivity contribution in [3.63, 3.8) is 0 Å². The van der Waals surface area contributed by atoms with Crippen molar-refractivity contribution in [1.82, 2.24) is 25.1 Å². The van der Waals surface area contributed by atoms with Gasteiger partial charge < -0.3 is 15.2 Å². The van der Waals surface area contributed by atoms with Gasteiger partial charge in [0, 0.05) is 29.9 Å². The maximum absolute atomic E-state index is 13.4. The second kappa shape index (κ2) is 14.8. The number of benzene rings is 3. The Kier molecular flexibility index (Phi) is 10.7. The molecule has 1 aromatic heterocycles. The molecule has 0 spiro atoms. The second-order valence-corrected chi connectivity index (χ2v) is 12.0. The number of imidazole rings is 1. The number of aromatic nitrogens is 2. The van der Waals surface area contributed by atoms with Crippen molar-refractivity contribution in [2.45, 2.75) is 51.5 Å². The second-order valence-electron chi connectivity index (χ2n) is 11.5. The highest BCUT2D eigenvalue weighted by atomic mass is 35.5. The molecule has 7 heteroatoms. The molecule has 1 amide bonds. The van der Waals surface area contributed by atoms with Crippen molar-refractivity contribution in [3.05, 3.63) is 124 Å². The molecule has 0 aliphatic carbocycles. The van der Waals surface area contributed by atoms with E-state index in [1.165, 1.54) is 11.1 Å². The molecule has 1 saturated heterocycles. The van der Waals surface area contributed by atoms with Gasteiger partial charge in [0.05, 0.1) is 5.69 Å². The summed E-state index contributed by atoms with van der Waals surface area (Å²) in [6.07, 6.45) is 3.55. The number of carbonyl (C=O) groups excluding carboxylic acids is 1. The minimum Gasteiger partial charge on any atom is -0.351 e. The average Bonchev–Trinajstić information content (AvgIpc) is 3.45. The molecule has 1 fully saturated rings. The van der Waals surface area contributed by atoms with Crippen LogP contribution in [0.5, 0.6) is 0 Å². The number of nitrogens with one attached hydrogen (secondary N) is 2. The lowest BCUT2D eigenvalue weighted by atomic mass is 9.68. The summed E-state index contributed by atoms with van der Waals surface area (Å²) in [5, 5.41) is 3.86. The standard InChI is InChI=1S/C36H44ClN5O/c1-3-41(4-2)23-11-22-38-35(43)34-32(39-33(40-34)26-28-16-18-31(37)19-17-28)27-42-24-20-36(21-25-42,29-12-7-5-8-13-29)30-14-9-6-10-15-30/h5-10,12-19H,3-4,11,20-27H2,1-2H3,(H,38,43)(H,39,40). The van der Waals surface area contributed by atoms with E-state index < -0.39 is 0 Å². The van der Waals surface area contributed by atoms with Gasteiger partial charge in [-0.15, -0.1) is 0 Å². The zero-order valence-corrected chi connectivity index (χ0v) is 26.2.